The molecule has 4 N–H and O–H groups in total. The van der Waals surface area contributed by atoms with Gasteiger partial charge in [-0.25, -0.2) is 4.98 Å². The number of rotatable bonds is 6. The van der Waals surface area contributed by atoms with Gasteiger partial charge in [-0.3, -0.25) is 4.79 Å². The SMILES string of the molecule is NC(=S)c1ccccc1OCC(=O)NCc1cnc[nH]1. The Morgan fingerprint density at radius 3 is 2.95 bits per heavy atom. The zero-order chi connectivity index (χ0) is 14.4. The summed E-state index contributed by atoms with van der Waals surface area (Å²) in [5, 5.41) is 2.70. The number of para-hydroxylation sites is 1. The van der Waals surface area contributed by atoms with Gasteiger partial charge in [-0.2, -0.15) is 0 Å². The second-order valence-electron chi connectivity index (χ2n) is 4.00. The molecule has 2 rings (SSSR count). The molecule has 0 aliphatic carbocycles. The molecular weight excluding hydrogens is 276 g/mol. The first-order valence-electron chi connectivity index (χ1n) is 5.92. The van der Waals surface area contributed by atoms with Crippen LogP contribution >= 0.6 is 12.2 Å². The van der Waals surface area contributed by atoms with Crippen molar-refractivity contribution < 1.29 is 9.53 Å². The van der Waals surface area contributed by atoms with E-state index in [1.807, 2.05) is 0 Å². The summed E-state index contributed by atoms with van der Waals surface area (Å²) in [6.45, 7) is 0.271. The first kappa shape index (κ1) is 14.0. The third-order valence-corrected chi connectivity index (χ3v) is 2.76. The van der Waals surface area contributed by atoms with Crippen LogP contribution in [0, 0.1) is 0 Å². The highest BCUT2D eigenvalue weighted by Gasteiger charge is 2.08. The Balaban J connectivity index is 1.85. The van der Waals surface area contributed by atoms with Crippen LogP contribution in [0.15, 0.2) is 36.8 Å². The average Bonchev–Trinajstić information content (AvgIpc) is 2.96. The van der Waals surface area contributed by atoms with E-state index in [1.54, 1.807) is 36.8 Å². The Hall–Kier alpha value is -2.41. The van der Waals surface area contributed by atoms with Crippen LogP contribution in [-0.4, -0.2) is 27.5 Å². The molecule has 0 fully saturated rings. The van der Waals surface area contributed by atoms with E-state index in [9.17, 15) is 4.79 Å². The largest absolute Gasteiger partial charge is 0.483 e. The quantitative estimate of drug-likeness (QED) is 0.682. The molecule has 0 aliphatic heterocycles. The summed E-state index contributed by atoms with van der Waals surface area (Å²) in [7, 11) is 0. The standard InChI is InChI=1S/C13H14N4O2S/c14-13(20)10-3-1-2-4-11(10)19-7-12(18)16-6-9-5-15-8-17-9/h1-5,8H,6-7H2,(H2,14,20)(H,15,17)(H,16,18). The summed E-state index contributed by atoms with van der Waals surface area (Å²) in [6.07, 6.45) is 3.19. The highest BCUT2D eigenvalue weighted by atomic mass is 32.1. The van der Waals surface area contributed by atoms with Gasteiger partial charge >= 0.3 is 0 Å². The lowest BCUT2D eigenvalue weighted by molar-refractivity contribution is -0.123. The van der Waals surface area contributed by atoms with Gasteiger partial charge in [0.1, 0.15) is 10.7 Å². The minimum absolute atomic E-state index is 0.103. The highest BCUT2D eigenvalue weighted by Crippen LogP contribution is 2.17. The molecule has 0 unspecified atom stereocenters. The molecule has 2 aromatic rings. The zero-order valence-corrected chi connectivity index (χ0v) is 11.4. The summed E-state index contributed by atoms with van der Waals surface area (Å²) in [5.74, 6) is 0.258. The molecule has 7 heteroatoms. The molecule has 0 radical (unpaired) electrons. The Kier molecular flexibility index (Phi) is 4.67. The second kappa shape index (κ2) is 6.67. The lowest BCUT2D eigenvalue weighted by atomic mass is 10.2. The van der Waals surface area contributed by atoms with Gasteiger partial charge in [-0.05, 0) is 12.1 Å². The molecule has 1 amide bonds. The first-order valence-corrected chi connectivity index (χ1v) is 6.33. The van der Waals surface area contributed by atoms with Gasteiger partial charge in [0.05, 0.1) is 24.1 Å². The van der Waals surface area contributed by atoms with Crippen LogP contribution in [0.5, 0.6) is 5.75 Å². The first-order chi connectivity index (χ1) is 9.66. The van der Waals surface area contributed by atoms with E-state index in [1.165, 1.54) is 0 Å². The Bertz CT molecular complexity index is 598. The number of nitrogens with one attached hydrogen (secondary N) is 2. The molecule has 6 nitrogen and oxygen atoms in total. The number of H-pyrrole nitrogens is 1. The fraction of sp³-hybridized carbons (Fsp3) is 0.154. The maximum absolute atomic E-state index is 11.7. The number of ether oxygens (including phenoxy) is 1. The number of nitrogens with two attached hydrogens (primary N) is 1. The van der Waals surface area contributed by atoms with E-state index in [0.29, 0.717) is 17.9 Å². The lowest BCUT2D eigenvalue weighted by Gasteiger charge is -2.10. The van der Waals surface area contributed by atoms with Crippen LogP contribution in [0.25, 0.3) is 0 Å². The molecule has 104 valence electrons. The molecule has 0 saturated heterocycles. The van der Waals surface area contributed by atoms with Gasteiger partial charge in [0.2, 0.25) is 0 Å². The molecule has 1 aromatic heterocycles. The van der Waals surface area contributed by atoms with E-state index in [-0.39, 0.29) is 17.5 Å². The monoisotopic (exact) mass is 290 g/mol. The fourth-order valence-corrected chi connectivity index (χ4v) is 1.73. The maximum Gasteiger partial charge on any atom is 0.258 e. The highest BCUT2D eigenvalue weighted by molar-refractivity contribution is 7.80. The summed E-state index contributed by atoms with van der Waals surface area (Å²) >= 11 is 4.92. The van der Waals surface area contributed by atoms with Gasteiger partial charge in [0.25, 0.3) is 5.91 Å². The molecule has 0 bridgehead atoms. The molecule has 0 aliphatic rings. The number of benzene rings is 1. The van der Waals surface area contributed by atoms with Crippen LogP contribution in [0.2, 0.25) is 0 Å². The Morgan fingerprint density at radius 1 is 1.45 bits per heavy atom. The number of thiocarbonyl (C=S) groups is 1. The minimum Gasteiger partial charge on any atom is -0.483 e. The summed E-state index contributed by atoms with van der Waals surface area (Å²) in [4.78, 5) is 18.6. The second-order valence-corrected chi connectivity index (χ2v) is 4.44. The van der Waals surface area contributed by atoms with Crippen LogP contribution in [0.4, 0.5) is 0 Å². The zero-order valence-electron chi connectivity index (χ0n) is 10.6. The van der Waals surface area contributed by atoms with E-state index < -0.39 is 0 Å². The number of carbonyl (C=O) groups excluding carboxylic acids is 1. The Morgan fingerprint density at radius 2 is 2.25 bits per heavy atom. The van der Waals surface area contributed by atoms with Crippen molar-refractivity contribution >= 4 is 23.1 Å². The molecular formula is C13H14N4O2S. The predicted molar refractivity (Wildman–Crippen MR) is 78.3 cm³/mol. The number of nitrogens with zero attached hydrogens (tertiary/aromatic N) is 1. The number of carbonyl (C=O) groups is 1. The van der Waals surface area contributed by atoms with Crippen molar-refractivity contribution in [2.45, 2.75) is 6.54 Å². The third kappa shape index (κ3) is 3.79. The summed E-state index contributed by atoms with van der Waals surface area (Å²) < 4.78 is 5.42. The van der Waals surface area contributed by atoms with Crippen molar-refractivity contribution in [3.05, 3.63) is 48.0 Å². The van der Waals surface area contributed by atoms with E-state index >= 15 is 0 Å². The fourth-order valence-electron chi connectivity index (χ4n) is 1.57. The van der Waals surface area contributed by atoms with Crippen molar-refractivity contribution in [1.82, 2.24) is 15.3 Å². The van der Waals surface area contributed by atoms with E-state index in [2.05, 4.69) is 15.3 Å². The molecule has 0 atom stereocenters. The average molecular weight is 290 g/mol. The van der Waals surface area contributed by atoms with Crippen molar-refractivity contribution in [2.24, 2.45) is 5.73 Å². The normalized spacial score (nSPS) is 10.0. The van der Waals surface area contributed by atoms with Crippen molar-refractivity contribution in [1.29, 1.82) is 0 Å². The van der Waals surface area contributed by atoms with Gasteiger partial charge in [0.15, 0.2) is 6.61 Å². The van der Waals surface area contributed by atoms with Crippen LogP contribution in [0.3, 0.4) is 0 Å². The smallest absolute Gasteiger partial charge is 0.258 e. The summed E-state index contributed by atoms with van der Waals surface area (Å²) in [6, 6.07) is 7.07. The van der Waals surface area contributed by atoms with E-state index in [0.717, 1.165) is 5.69 Å². The maximum atomic E-state index is 11.7. The number of hydrogen-bond acceptors (Lipinski definition) is 4. The van der Waals surface area contributed by atoms with E-state index in [4.69, 9.17) is 22.7 Å². The number of aromatic nitrogens is 2. The topological polar surface area (TPSA) is 93.0 Å². The van der Waals surface area contributed by atoms with Crippen LogP contribution in [0.1, 0.15) is 11.3 Å². The predicted octanol–water partition coefficient (Wildman–Crippen LogP) is 0.739. The third-order valence-electron chi connectivity index (χ3n) is 2.54. The van der Waals surface area contributed by atoms with Gasteiger partial charge in [-0.15, -0.1) is 0 Å². The number of aromatic amines is 1. The van der Waals surface area contributed by atoms with Crippen LogP contribution in [-0.2, 0) is 11.3 Å². The number of imidazole rings is 1. The number of hydrogen-bond donors (Lipinski definition) is 3. The van der Waals surface area contributed by atoms with Crippen molar-refractivity contribution in [3.8, 4) is 5.75 Å². The minimum atomic E-state index is -0.239. The molecule has 1 aromatic carbocycles. The van der Waals surface area contributed by atoms with Crippen LogP contribution < -0.4 is 15.8 Å². The molecule has 20 heavy (non-hydrogen) atoms. The van der Waals surface area contributed by atoms with Gasteiger partial charge in [-0.1, -0.05) is 24.4 Å². The van der Waals surface area contributed by atoms with Gasteiger partial charge in [0, 0.05) is 6.20 Å². The Labute approximate surface area is 121 Å². The molecule has 0 spiro atoms. The molecule has 0 saturated carbocycles. The van der Waals surface area contributed by atoms with Crippen molar-refractivity contribution in [2.75, 3.05) is 6.61 Å². The van der Waals surface area contributed by atoms with Gasteiger partial charge < -0.3 is 20.8 Å². The summed E-state index contributed by atoms with van der Waals surface area (Å²) in [5.41, 5.74) is 7.02. The van der Waals surface area contributed by atoms with Crippen molar-refractivity contribution in [3.63, 3.8) is 0 Å². The lowest BCUT2D eigenvalue weighted by Crippen LogP contribution is -2.29. The number of amides is 1. The molecule has 1 heterocycles.